The van der Waals surface area contributed by atoms with Crippen molar-refractivity contribution in [3.63, 3.8) is 0 Å². The Morgan fingerprint density at radius 2 is 2.29 bits per heavy atom. The van der Waals surface area contributed by atoms with Crippen LogP contribution >= 0.6 is 12.4 Å². The summed E-state index contributed by atoms with van der Waals surface area (Å²) in [6, 6.07) is 0. The normalized spacial score (nSPS) is 14.9. The summed E-state index contributed by atoms with van der Waals surface area (Å²) in [5, 5.41) is 0. The lowest BCUT2D eigenvalue weighted by Crippen LogP contribution is -2.11. The number of aromatic amines is 1. The van der Waals surface area contributed by atoms with E-state index in [-0.39, 0.29) is 12.4 Å². The van der Waals surface area contributed by atoms with Crippen molar-refractivity contribution < 1.29 is 4.74 Å². The molecular formula is C9H10ClN3O. The van der Waals surface area contributed by atoms with E-state index in [0.717, 1.165) is 35.3 Å². The molecule has 0 spiro atoms. The van der Waals surface area contributed by atoms with Crippen LogP contribution in [0.1, 0.15) is 11.3 Å². The lowest BCUT2D eigenvalue weighted by Gasteiger charge is -2.14. The summed E-state index contributed by atoms with van der Waals surface area (Å²) in [4.78, 5) is 11.7. The van der Waals surface area contributed by atoms with Gasteiger partial charge in [-0.1, -0.05) is 0 Å². The molecule has 0 bridgehead atoms. The minimum Gasteiger partial charge on any atom is -0.376 e. The summed E-state index contributed by atoms with van der Waals surface area (Å²) >= 11 is 0. The number of H-pyrrole nitrogens is 1. The monoisotopic (exact) mass is 211 g/mol. The van der Waals surface area contributed by atoms with E-state index in [1.54, 1.807) is 6.33 Å². The number of pyridine rings is 1. The molecule has 2 aromatic heterocycles. The third kappa shape index (κ3) is 1.27. The molecule has 4 nitrogen and oxygen atoms in total. The summed E-state index contributed by atoms with van der Waals surface area (Å²) < 4.78 is 5.38. The van der Waals surface area contributed by atoms with Crippen LogP contribution in [0.15, 0.2) is 12.5 Å². The Morgan fingerprint density at radius 1 is 1.36 bits per heavy atom. The highest BCUT2D eigenvalue weighted by atomic mass is 35.5. The van der Waals surface area contributed by atoms with E-state index in [4.69, 9.17) is 4.74 Å². The standard InChI is InChI=1S/C9H9N3O.ClH/c1-2-13-4-6-7(1)10-3-8-9(6)12-5-11-8;/h3,5H,1-2,4H2,(H,11,12);1H. The van der Waals surface area contributed by atoms with Crippen molar-refractivity contribution in [1.29, 1.82) is 0 Å². The van der Waals surface area contributed by atoms with Gasteiger partial charge in [0.2, 0.25) is 0 Å². The molecule has 74 valence electrons. The summed E-state index contributed by atoms with van der Waals surface area (Å²) in [7, 11) is 0. The minimum atomic E-state index is 0. The molecule has 3 heterocycles. The van der Waals surface area contributed by atoms with Gasteiger partial charge in [0.1, 0.15) is 0 Å². The number of aromatic nitrogens is 3. The molecule has 0 saturated carbocycles. The fourth-order valence-electron chi connectivity index (χ4n) is 1.71. The predicted octanol–water partition coefficient (Wildman–Crippen LogP) is 1.45. The number of ether oxygens (including phenoxy) is 1. The van der Waals surface area contributed by atoms with E-state index < -0.39 is 0 Å². The predicted molar refractivity (Wildman–Crippen MR) is 54.5 cm³/mol. The Labute approximate surface area is 87.1 Å². The van der Waals surface area contributed by atoms with Crippen molar-refractivity contribution in [2.24, 2.45) is 0 Å². The summed E-state index contributed by atoms with van der Waals surface area (Å²) in [6.45, 7) is 1.42. The first kappa shape index (κ1) is 9.43. The van der Waals surface area contributed by atoms with Crippen LogP contribution < -0.4 is 0 Å². The van der Waals surface area contributed by atoms with E-state index in [9.17, 15) is 0 Å². The highest BCUT2D eigenvalue weighted by molar-refractivity contribution is 5.85. The quantitative estimate of drug-likeness (QED) is 0.718. The first-order valence-corrected chi connectivity index (χ1v) is 4.33. The molecule has 5 heteroatoms. The van der Waals surface area contributed by atoms with Gasteiger partial charge in [-0.3, -0.25) is 4.98 Å². The van der Waals surface area contributed by atoms with E-state index in [1.165, 1.54) is 0 Å². The van der Waals surface area contributed by atoms with Gasteiger partial charge in [-0.05, 0) is 0 Å². The molecule has 2 aromatic rings. The van der Waals surface area contributed by atoms with Crippen molar-refractivity contribution in [2.45, 2.75) is 13.0 Å². The number of imidazole rings is 1. The average molecular weight is 212 g/mol. The lowest BCUT2D eigenvalue weighted by molar-refractivity contribution is 0.110. The van der Waals surface area contributed by atoms with Gasteiger partial charge >= 0.3 is 0 Å². The largest absolute Gasteiger partial charge is 0.376 e. The fourth-order valence-corrected chi connectivity index (χ4v) is 1.71. The molecule has 0 aliphatic carbocycles. The Hall–Kier alpha value is -1.13. The Balaban J connectivity index is 0.000000750. The zero-order chi connectivity index (χ0) is 8.67. The molecule has 0 unspecified atom stereocenters. The highest BCUT2D eigenvalue weighted by Gasteiger charge is 2.14. The van der Waals surface area contributed by atoms with E-state index >= 15 is 0 Å². The van der Waals surface area contributed by atoms with Crippen LogP contribution in [0.25, 0.3) is 11.0 Å². The molecular weight excluding hydrogens is 202 g/mol. The number of nitrogens with one attached hydrogen (secondary N) is 1. The molecule has 0 aromatic carbocycles. The second-order valence-electron chi connectivity index (χ2n) is 3.15. The number of hydrogen-bond acceptors (Lipinski definition) is 3. The highest BCUT2D eigenvalue weighted by Crippen LogP contribution is 2.21. The molecule has 1 N–H and O–H groups in total. The van der Waals surface area contributed by atoms with Gasteiger partial charge in [0.25, 0.3) is 0 Å². The number of nitrogens with zero attached hydrogens (tertiary/aromatic N) is 2. The van der Waals surface area contributed by atoms with Crippen LogP contribution in [-0.2, 0) is 17.8 Å². The summed E-state index contributed by atoms with van der Waals surface area (Å²) in [5.41, 5.74) is 4.27. The van der Waals surface area contributed by atoms with Crippen molar-refractivity contribution in [3.8, 4) is 0 Å². The first-order chi connectivity index (χ1) is 6.45. The van der Waals surface area contributed by atoms with E-state index in [0.29, 0.717) is 6.61 Å². The Kier molecular flexibility index (Phi) is 2.39. The zero-order valence-electron chi connectivity index (χ0n) is 7.49. The van der Waals surface area contributed by atoms with Crippen LogP contribution in [-0.4, -0.2) is 21.6 Å². The third-order valence-electron chi connectivity index (χ3n) is 2.38. The van der Waals surface area contributed by atoms with Gasteiger partial charge in [-0.25, -0.2) is 4.98 Å². The number of halogens is 1. The van der Waals surface area contributed by atoms with E-state index in [1.807, 2.05) is 6.20 Å². The fraction of sp³-hybridized carbons (Fsp3) is 0.333. The minimum absolute atomic E-state index is 0. The van der Waals surface area contributed by atoms with Gasteiger partial charge < -0.3 is 9.72 Å². The van der Waals surface area contributed by atoms with Gasteiger partial charge in [0, 0.05) is 12.0 Å². The number of fused-ring (bicyclic) bond motifs is 3. The maximum atomic E-state index is 5.38. The molecule has 0 fully saturated rings. The van der Waals surface area contributed by atoms with Crippen molar-refractivity contribution >= 4 is 23.4 Å². The van der Waals surface area contributed by atoms with Crippen molar-refractivity contribution in [2.75, 3.05) is 6.61 Å². The summed E-state index contributed by atoms with van der Waals surface area (Å²) in [6.07, 6.45) is 4.44. The molecule has 0 amide bonds. The summed E-state index contributed by atoms with van der Waals surface area (Å²) in [5.74, 6) is 0. The smallest absolute Gasteiger partial charge is 0.0971 e. The van der Waals surface area contributed by atoms with Crippen molar-refractivity contribution in [1.82, 2.24) is 15.0 Å². The lowest BCUT2D eigenvalue weighted by atomic mass is 10.1. The van der Waals surface area contributed by atoms with Crippen LogP contribution in [0.3, 0.4) is 0 Å². The molecule has 3 rings (SSSR count). The van der Waals surface area contributed by atoms with Gasteiger partial charge in [-0.15, -0.1) is 12.4 Å². The van der Waals surface area contributed by atoms with Crippen molar-refractivity contribution in [3.05, 3.63) is 23.8 Å². The van der Waals surface area contributed by atoms with Gasteiger partial charge in [0.15, 0.2) is 0 Å². The molecule has 1 aliphatic heterocycles. The number of rotatable bonds is 0. The third-order valence-corrected chi connectivity index (χ3v) is 2.38. The molecule has 0 saturated heterocycles. The maximum absolute atomic E-state index is 5.38. The number of hydrogen-bond donors (Lipinski definition) is 1. The molecule has 1 aliphatic rings. The topological polar surface area (TPSA) is 50.8 Å². The van der Waals surface area contributed by atoms with Crippen LogP contribution in [0.5, 0.6) is 0 Å². The molecule has 14 heavy (non-hydrogen) atoms. The van der Waals surface area contributed by atoms with Gasteiger partial charge in [0.05, 0.1) is 42.5 Å². The average Bonchev–Trinajstić information content (AvgIpc) is 2.65. The van der Waals surface area contributed by atoms with Gasteiger partial charge in [-0.2, -0.15) is 0 Å². The Bertz CT molecular complexity index is 454. The zero-order valence-corrected chi connectivity index (χ0v) is 8.30. The van der Waals surface area contributed by atoms with E-state index in [2.05, 4.69) is 15.0 Å². The Morgan fingerprint density at radius 3 is 3.21 bits per heavy atom. The second-order valence-corrected chi connectivity index (χ2v) is 3.15. The SMILES string of the molecule is Cl.c1nc2c3c(ncc2[nH]1)CCOC3. The second kappa shape index (κ2) is 3.55. The molecule has 0 radical (unpaired) electrons. The van der Waals surface area contributed by atoms with Crippen LogP contribution in [0, 0.1) is 0 Å². The van der Waals surface area contributed by atoms with Crippen LogP contribution in [0.4, 0.5) is 0 Å². The van der Waals surface area contributed by atoms with Crippen LogP contribution in [0.2, 0.25) is 0 Å². The first-order valence-electron chi connectivity index (χ1n) is 4.33. The molecule has 0 atom stereocenters. The maximum Gasteiger partial charge on any atom is 0.0971 e.